The number of carbonyl (C=O) groups is 3. The van der Waals surface area contributed by atoms with Gasteiger partial charge in [-0.25, -0.2) is 23.7 Å². The Morgan fingerprint density at radius 3 is 2.26 bits per heavy atom. The van der Waals surface area contributed by atoms with Crippen LogP contribution in [0, 0.1) is 0 Å². The summed E-state index contributed by atoms with van der Waals surface area (Å²) in [5.41, 5.74) is 2.24. The second-order valence-electron chi connectivity index (χ2n) is 3.96. The van der Waals surface area contributed by atoms with Crippen LogP contribution in [-0.4, -0.2) is 58.6 Å². The highest BCUT2D eigenvalue weighted by Crippen LogP contribution is 2.17. The average molecular weight is 367 g/mol. The van der Waals surface area contributed by atoms with Crippen molar-refractivity contribution in [2.45, 2.75) is 27.2 Å². The number of hydrogen-bond donors (Lipinski definition) is 1. The van der Waals surface area contributed by atoms with Crippen LogP contribution in [0.15, 0.2) is 0 Å². The predicted molar refractivity (Wildman–Crippen MR) is 88.2 cm³/mol. The highest BCUT2D eigenvalue weighted by atomic mass is 32.2. The van der Waals surface area contributed by atoms with Gasteiger partial charge in [0, 0.05) is 13.6 Å². The molecule has 132 valence electrons. The van der Waals surface area contributed by atoms with Crippen LogP contribution in [0.3, 0.4) is 0 Å². The molecule has 0 aromatic heterocycles. The smallest absolute Gasteiger partial charge is 0.445 e. The molecule has 2 amide bonds. The van der Waals surface area contributed by atoms with E-state index in [1.807, 2.05) is 0 Å². The van der Waals surface area contributed by atoms with Crippen LogP contribution in [0.5, 0.6) is 0 Å². The van der Waals surface area contributed by atoms with Crippen LogP contribution >= 0.6 is 24.4 Å². The van der Waals surface area contributed by atoms with Crippen molar-refractivity contribution >= 4 is 47.5 Å². The van der Waals surface area contributed by atoms with E-state index in [9.17, 15) is 14.4 Å². The van der Waals surface area contributed by atoms with Crippen LogP contribution in [0.2, 0.25) is 0 Å². The zero-order valence-corrected chi connectivity index (χ0v) is 15.1. The fraction of sp³-hybridized carbons (Fsp3) is 0.667. The van der Waals surface area contributed by atoms with Gasteiger partial charge in [0.1, 0.15) is 4.99 Å². The largest absolute Gasteiger partial charge is 0.466 e. The molecule has 1 N–H and O–H groups in total. The normalized spacial score (nSPS) is 9.57. The van der Waals surface area contributed by atoms with Gasteiger partial charge in [-0.15, -0.1) is 0 Å². The second kappa shape index (κ2) is 11.8. The second-order valence-corrected chi connectivity index (χ2v) is 5.73. The molecule has 0 aliphatic rings. The third kappa shape index (κ3) is 9.79. The van der Waals surface area contributed by atoms with Gasteiger partial charge in [0.05, 0.1) is 31.8 Å². The average Bonchev–Trinajstić information content (AvgIpc) is 2.49. The van der Waals surface area contributed by atoms with E-state index in [2.05, 4.69) is 10.3 Å². The summed E-state index contributed by atoms with van der Waals surface area (Å²) in [6.45, 7) is 5.30. The first-order chi connectivity index (χ1) is 10.8. The van der Waals surface area contributed by atoms with Crippen molar-refractivity contribution in [3.8, 4) is 0 Å². The number of esters is 1. The van der Waals surface area contributed by atoms with E-state index in [0.29, 0.717) is 0 Å². The van der Waals surface area contributed by atoms with Gasteiger partial charge in [-0.1, -0.05) is 12.2 Å². The monoisotopic (exact) mass is 367 g/mol. The Labute approximate surface area is 144 Å². The number of hydroxylamine groups is 1. The van der Waals surface area contributed by atoms with E-state index in [-0.39, 0.29) is 31.2 Å². The van der Waals surface area contributed by atoms with Crippen LogP contribution < -0.4 is 5.48 Å². The molecule has 0 unspecified atom stereocenters. The maximum absolute atomic E-state index is 11.9. The standard InChI is InChI=1S/C12H21N3O6S2/c1-5-19-10(16)7-8-15(12(18)20-6-2)23-14(4)11(17)21-13-9(3)22/h5-8H2,1-4H3,(H,13,22). The SMILES string of the molecule is CCOC(=O)CCN(SN(C)C(=O)ONC(C)=S)C(=O)OCC. The van der Waals surface area contributed by atoms with Gasteiger partial charge in [-0.2, -0.15) is 0 Å². The van der Waals surface area contributed by atoms with Gasteiger partial charge in [-0.3, -0.25) is 4.79 Å². The number of ether oxygens (including phenoxy) is 2. The molecule has 0 saturated carbocycles. The van der Waals surface area contributed by atoms with Crippen molar-refractivity contribution in [3.05, 3.63) is 0 Å². The fourth-order valence-corrected chi connectivity index (χ4v) is 1.88. The van der Waals surface area contributed by atoms with Gasteiger partial charge in [-0.05, 0) is 20.8 Å². The zero-order valence-electron chi connectivity index (χ0n) is 13.5. The van der Waals surface area contributed by atoms with Gasteiger partial charge < -0.3 is 14.3 Å². The summed E-state index contributed by atoms with van der Waals surface area (Å²) in [4.78, 5) is 39.9. The van der Waals surface area contributed by atoms with Crippen molar-refractivity contribution in [1.82, 2.24) is 14.1 Å². The van der Waals surface area contributed by atoms with Gasteiger partial charge in [0.2, 0.25) is 0 Å². The number of nitrogens with one attached hydrogen (secondary N) is 1. The van der Waals surface area contributed by atoms with Crippen LogP contribution in [-0.2, 0) is 19.1 Å². The Morgan fingerprint density at radius 2 is 1.74 bits per heavy atom. The molecule has 0 aliphatic heterocycles. The van der Waals surface area contributed by atoms with E-state index < -0.39 is 18.2 Å². The molecule has 0 spiro atoms. The van der Waals surface area contributed by atoms with Crippen molar-refractivity contribution in [2.24, 2.45) is 0 Å². The Morgan fingerprint density at radius 1 is 1.13 bits per heavy atom. The third-order valence-electron chi connectivity index (χ3n) is 2.06. The first-order valence-electron chi connectivity index (χ1n) is 6.80. The van der Waals surface area contributed by atoms with Crippen LogP contribution in [0.25, 0.3) is 0 Å². The van der Waals surface area contributed by atoms with Crippen LogP contribution in [0.1, 0.15) is 27.2 Å². The summed E-state index contributed by atoms with van der Waals surface area (Å²) < 4.78 is 11.8. The lowest BCUT2D eigenvalue weighted by Crippen LogP contribution is -2.36. The summed E-state index contributed by atoms with van der Waals surface area (Å²) in [6, 6.07) is 0. The fourth-order valence-electron chi connectivity index (χ4n) is 1.15. The summed E-state index contributed by atoms with van der Waals surface area (Å²) in [5, 5.41) is 0. The minimum atomic E-state index is -0.773. The Kier molecular flexibility index (Phi) is 10.9. The maximum atomic E-state index is 11.9. The lowest BCUT2D eigenvalue weighted by atomic mass is 10.4. The molecular weight excluding hydrogens is 346 g/mol. The number of rotatable bonds is 7. The molecule has 0 aliphatic carbocycles. The minimum absolute atomic E-state index is 0.0135. The number of hydrogen-bond acceptors (Lipinski definition) is 8. The molecule has 0 rings (SSSR count). The lowest BCUT2D eigenvalue weighted by Gasteiger charge is -2.24. The predicted octanol–water partition coefficient (Wildman–Crippen LogP) is 1.88. The first kappa shape index (κ1) is 21.2. The van der Waals surface area contributed by atoms with Crippen molar-refractivity contribution < 1.29 is 28.7 Å². The maximum Gasteiger partial charge on any atom is 0.445 e. The van der Waals surface area contributed by atoms with E-state index in [1.54, 1.807) is 20.8 Å². The van der Waals surface area contributed by atoms with Gasteiger partial charge in [0.15, 0.2) is 0 Å². The molecule has 0 aromatic rings. The molecule has 0 radical (unpaired) electrons. The molecule has 0 bridgehead atoms. The molecule has 9 nitrogen and oxygen atoms in total. The highest BCUT2D eigenvalue weighted by Gasteiger charge is 2.23. The Balaban J connectivity index is 4.60. The quantitative estimate of drug-likeness (QED) is 0.238. The number of nitrogens with zero attached hydrogens (tertiary/aromatic N) is 2. The lowest BCUT2D eigenvalue weighted by molar-refractivity contribution is -0.143. The van der Waals surface area contributed by atoms with Crippen LogP contribution in [0.4, 0.5) is 9.59 Å². The van der Waals surface area contributed by atoms with Crippen molar-refractivity contribution in [3.63, 3.8) is 0 Å². The van der Waals surface area contributed by atoms with Crippen molar-refractivity contribution in [2.75, 3.05) is 26.8 Å². The number of amides is 2. The van der Waals surface area contributed by atoms with E-state index >= 15 is 0 Å². The highest BCUT2D eigenvalue weighted by molar-refractivity contribution is 7.95. The van der Waals surface area contributed by atoms with Crippen molar-refractivity contribution in [1.29, 1.82) is 0 Å². The molecule has 0 atom stereocenters. The Hall–Kier alpha value is -1.75. The topological polar surface area (TPSA) is 97.4 Å². The minimum Gasteiger partial charge on any atom is -0.466 e. The first-order valence-corrected chi connectivity index (χ1v) is 7.94. The number of carbonyl (C=O) groups excluding carboxylic acids is 3. The molecule has 0 heterocycles. The molecule has 11 heteroatoms. The van der Waals surface area contributed by atoms with E-state index in [1.165, 1.54) is 7.05 Å². The zero-order chi connectivity index (χ0) is 17.8. The molecule has 0 fully saturated rings. The molecular formula is C12H21N3O6S2. The summed E-state index contributed by atoms with van der Waals surface area (Å²) in [7, 11) is 1.39. The number of thiocarbonyl (C=S) groups is 1. The molecule has 0 saturated heterocycles. The van der Waals surface area contributed by atoms with E-state index in [0.717, 1.165) is 20.7 Å². The Bertz CT molecular complexity index is 435. The van der Waals surface area contributed by atoms with E-state index in [4.69, 9.17) is 21.7 Å². The summed E-state index contributed by atoms with van der Waals surface area (Å²) in [6.07, 6.45) is -1.48. The summed E-state index contributed by atoms with van der Waals surface area (Å²) >= 11 is 5.45. The van der Waals surface area contributed by atoms with Gasteiger partial charge in [0.25, 0.3) is 0 Å². The summed E-state index contributed by atoms with van der Waals surface area (Å²) in [5.74, 6) is -0.453. The van der Waals surface area contributed by atoms with Gasteiger partial charge >= 0.3 is 18.2 Å². The molecule has 0 aromatic carbocycles. The third-order valence-corrected chi connectivity index (χ3v) is 3.06. The molecule has 23 heavy (non-hydrogen) atoms.